The molecule has 0 aliphatic carbocycles. The van der Waals surface area contributed by atoms with E-state index in [-0.39, 0.29) is 18.3 Å². The predicted octanol–water partition coefficient (Wildman–Crippen LogP) is 1.76. The van der Waals surface area contributed by atoms with Crippen molar-refractivity contribution in [1.29, 1.82) is 0 Å². The third-order valence-corrected chi connectivity index (χ3v) is 3.20. The van der Waals surface area contributed by atoms with E-state index in [0.717, 1.165) is 24.2 Å². The van der Waals surface area contributed by atoms with Gasteiger partial charge in [-0.2, -0.15) is 0 Å². The average Bonchev–Trinajstić information content (AvgIpc) is 2.84. The minimum absolute atomic E-state index is 0. The number of hydrogen-bond acceptors (Lipinski definition) is 4. The van der Waals surface area contributed by atoms with Gasteiger partial charge in [0, 0.05) is 17.8 Å². The van der Waals surface area contributed by atoms with Crippen LogP contribution < -0.4 is 10.6 Å². The molecular formula is C14H19ClN2O3. The SMILES string of the molecule is COC(=O)C(C)(C)NC(=O)c1ccc2c(c1)CCN2.Cl. The third kappa shape index (κ3) is 3.22. The summed E-state index contributed by atoms with van der Waals surface area (Å²) in [4.78, 5) is 23.7. The van der Waals surface area contributed by atoms with Crippen molar-refractivity contribution in [3.8, 4) is 0 Å². The van der Waals surface area contributed by atoms with Gasteiger partial charge in [0.25, 0.3) is 5.91 Å². The van der Waals surface area contributed by atoms with Crippen molar-refractivity contribution in [2.45, 2.75) is 25.8 Å². The van der Waals surface area contributed by atoms with Crippen LogP contribution in [0.5, 0.6) is 0 Å². The molecule has 1 aliphatic heterocycles. The summed E-state index contributed by atoms with van der Waals surface area (Å²) in [7, 11) is 1.30. The number of nitrogens with one attached hydrogen (secondary N) is 2. The number of ether oxygens (including phenoxy) is 1. The number of carbonyl (C=O) groups excluding carboxylic acids is 2. The van der Waals surface area contributed by atoms with Crippen LogP contribution >= 0.6 is 12.4 Å². The lowest BCUT2D eigenvalue weighted by Crippen LogP contribution is -2.50. The Hall–Kier alpha value is -1.75. The maximum atomic E-state index is 12.1. The van der Waals surface area contributed by atoms with Crippen molar-refractivity contribution in [3.63, 3.8) is 0 Å². The quantitative estimate of drug-likeness (QED) is 0.835. The van der Waals surface area contributed by atoms with Gasteiger partial charge in [0.15, 0.2) is 0 Å². The van der Waals surface area contributed by atoms with Crippen LogP contribution in [0, 0.1) is 0 Å². The number of esters is 1. The number of anilines is 1. The van der Waals surface area contributed by atoms with Crippen molar-refractivity contribution in [2.24, 2.45) is 0 Å². The molecule has 0 spiro atoms. The maximum absolute atomic E-state index is 12.1. The van der Waals surface area contributed by atoms with Gasteiger partial charge in [-0.3, -0.25) is 4.79 Å². The van der Waals surface area contributed by atoms with Crippen molar-refractivity contribution in [1.82, 2.24) is 5.32 Å². The molecule has 0 fully saturated rings. The summed E-state index contributed by atoms with van der Waals surface area (Å²) >= 11 is 0. The van der Waals surface area contributed by atoms with Crippen molar-refractivity contribution >= 4 is 30.0 Å². The topological polar surface area (TPSA) is 67.4 Å². The zero-order valence-corrected chi connectivity index (χ0v) is 12.6. The molecule has 0 saturated heterocycles. The van der Waals surface area contributed by atoms with Gasteiger partial charge in [-0.05, 0) is 44.0 Å². The van der Waals surface area contributed by atoms with Crippen molar-refractivity contribution in [3.05, 3.63) is 29.3 Å². The van der Waals surface area contributed by atoms with Gasteiger partial charge < -0.3 is 15.4 Å². The number of fused-ring (bicyclic) bond motifs is 1. The lowest BCUT2D eigenvalue weighted by atomic mass is 10.0. The Morgan fingerprint density at radius 2 is 2.05 bits per heavy atom. The number of halogens is 1. The minimum Gasteiger partial charge on any atom is -0.467 e. The Labute approximate surface area is 124 Å². The summed E-state index contributed by atoms with van der Waals surface area (Å²) in [6.07, 6.45) is 0.914. The molecule has 110 valence electrons. The zero-order chi connectivity index (χ0) is 14.0. The molecule has 6 heteroatoms. The van der Waals surface area contributed by atoms with E-state index in [1.807, 2.05) is 12.1 Å². The van der Waals surface area contributed by atoms with E-state index in [0.29, 0.717) is 5.56 Å². The molecule has 0 bridgehead atoms. The van der Waals surface area contributed by atoms with Gasteiger partial charge in [0.05, 0.1) is 7.11 Å². The fraction of sp³-hybridized carbons (Fsp3) is 0.429. The van der Waals surface area contributed by atoms with E-state index < -0.39 is 11.5 Å². The number of amides is 1. The molecule has 5 nitrogen and oxygen atoms in total. The number of benzene rings is 1. The highest BCUT2D eigenvalue weighted by atomic mass is 35.5. The molecule has 0 radical (unpaired) electrons. The fourth-order valence-electron chi connectivity index (χ4n) is 2.11. The smallest absolute Gasteiger partial charge is 0.330 e. The summed E-state index contributed by atoms with van der Waals surface area (Å²) < 4.78 is 4.66. The van der Waals surface area contributed by atoms with E-state index in [9.17, 15) is 9.59 Å². The first kappa shape index (κ1) is 16.3. The number of rotatable bonds is 3. The first-order valence-corrected chi connectivity index (χ1v) is 6.22. The third-order valence-electron chi connectivity index (χ3n) is 3.20. The van der Waals surface area contributed by atoms with E-state index in [2.05, 4.69) is 15.4 Å². The molecule has 2 rings (SSSR count). The van der Waals surface area contributed by atoms with Gasteiger partial charge in [-0.1, -0.05) is 0 Å². The molecule has 0 unspecified atom stereocenters. The van der Waals surface area contributed by atoms with Crippen LogP contribution in [0.25, 0.3) is 0 Å². The Kier molecular flexibility index (Phi) is 5.00. The highest BCUT2D eigenvalue weighted by molar-refractivity contribution is 5.98. The van der Waals surface area contributed by atoms with Gasteiger partial charge in [0.2, 0.25) is 0 Å². The van der Waals surface area contributed by atoms with Crippen LogP contribution in [0.4, 0.5) is 5.69 Å². The summed E-state index contributed by atoms with van der Waals surface area (Å²) in [6, 6.07) is 5.50. The molecule has 1 heterocycles. The minimum atomic E-state index is -1.04. The maximum Gasteiger partial charge on any atom is 0.330 e. The number of methoxy groups -OCH3 is 1. The normalized spacial score (nSPS) is 12.8. The molecular weight excluding hydrogens is 280 g/mol. The van der Waals surface area contributed by atoms with Gasteiger partial charge in [-0.15, -0.1) is 12.4 Å². The molecule has 1 aromatic rings. The highest BCUT2D eigenvalue weighted by Crippen LogP contribution is 2.23. The summed E-state index contributed by atoms with van der Waals surface area (Å²) in [6.45, 7) is 4.13. The largest absolute Gasteiger partial charge is 0.467 e. The van der Waals surface area contributed by atoms with Gasteiger partial charge >= 0.3 is 5.97 Å². The predicted molar refractivity (Wildman–Crippen MR) is 79.4 cm³/mol. The van der Waals surface area contributed by atoms with Crippen LogP contribution in [0.3, 0.4) is 0 Å². The van der Waals surface area contributed by atoms with Crippen LogP contribution in [0.1, 0.15) is 29.8 Å². The first-order chi connectivity index (χ1) is 8.94. The van der Waals surface area contributed by atoms with Crippen LogP contribution in [-0.2, 0) is 16.0 Å². The molecule has 1 amide bonds. The van der Waals surface area contributed by atoms with E-state index in [1.54, 1.807) is 19.9 Å². The number of carbonyl (C=O) groups is 2. The second-order valence-electron chi connectivity index (χ2n) is 5.12. The lowest BCUT2D eigenvalue weighted by Gasteiger charge is -2.23. The average molecular weight is 299 g/mol. The zero-order valence-electron chi connectivity index (χ0n) is 11.8. The Balaban J connectivity index is 0.00000200. The lowest BCUT2D eigenvalue weighted by molar-refractivity contribution is -0.146. The number of hydrogen-bond donors (Lipinski definition) is 2. The highest BCUT2D eigenvalue weighted by Gasteiger charge is 2.31. The fourth-order valence-corrected chi connectivity index (χ4v) is 2.11. The summed E-state index contributed by atoms with van der Waals surface area (Å²) in [5.74, 6) is -0.742. The molecule has 1 aromatic carbocycles. The molecule has 20 heavy (non-hydrogen) atoms. The van der Waals surface area contributed by atoms with Gasteiger partial charge in [-0.25, -0.2) is 4.79 Å². The van der Waals surface area contributed by atoms with E-state index in [1.165, 1.54) is 7.11 Å². The van der Waals surface area contributed by atoms with Crippen molar-refractivity contribution < 1.29 is 14.3 Å². The molecule has 0 saturated carbocycles. The first-order valence-electron chi connectivity index (χ1n) is 6.22. The summed E-state index contributed by atoms with van der Waals surface area (Å²) in [5, 5.41) is 5.92. The van der Waals surface area contributed by atoms with Crippen molar-refractivity contribution in [2.75, 3.05) is 19.0 Å². The standard InChI is InChI=1S/C14H18N2O3.ClH/c1-14(2,13(18)19-3)16-12(17)10-4-5-11-9(8-10)6-7-15-11;/h4-5,8,15H,6-7H2,1-3H3,(H,16,17);1H. The van der Waals surface area contributed by atoms with Gasteiger partial charge in [0.1, 0.15) is 5.54 Å². The summed E-state index contributed by atoms with van der Waals surface area (Å²) in [5.41, 5.74) is 1.72. The second-order valence-corrected chi connectivity index (χ2v) is 5.12. The monoisotopic (exact) mass is 298 g/mol. The van der Waals surface area contributed by atoms with E-state index in [4.69, 9.17) is 0 Å². The molecule has 0 aromatic heterocycles. The molecule has 0 atom stereocenters. The Bertz CT molecular complexity index is 529. The van der Waals surface area contributed by atoms with Crippen LogP contribution in [0.15, 0.2) is 18.2 Å². The Morgan fingerprint density at radius 1 is 1.35 bits per heavy atom. The van der Waals surface area contributed by atoms with Crippen LogP contribution in [-0.4, -0.2) is 31.1 Å². The molecule has 2 N–H and O–H groups in total. The molecule has 1 aliphatic rings. The second kappa shape index (κ2) is 6.13. The van der Waals surface area contributed by atoms with Crippen LogP contribution in [0.2, 0.25) is 0 Å². The Morgan fingerprint density at radius 3 is 2.70 bits per heavy atom. The van der Waals surface area contributed by atoms with E-state index >= 15 is 0 Å².